The average molecular weight is 340 g/mol. The lowest BCUT2D eigenvalue weighted by Gasteiger charge is -2.21. The third kappa shape index (κ3) is 8.32. The van der Waals surface area contributed by atoms with Crippen molar-refractivity contribution in [3.63, 3.8) is 0 Å². The summed E-state index contributed by atoms with van der Waals surface area (Å²) in [6, 6.07) is 0.429. The lowest BCUT2D eigenvalue weighted by molar-refractivity contribution is 0.292. The minimum absolute atomic E-state index is 0.429. The summed E-state index contributed by atoms with van der Waals surface area (Å²) in [7, 11) is 1.82. The number of nitrogens with one attached hydrogen (secondary N) is 2. The van der Waals surface area contributed by atoms with Gasteiger partial charge >= 0.3 is 0 Å². The molecule has 5 nitrogen and oxygen atoms in total. The Morgan fingerprint density at radius 2 is 2.13 bits per heavy atom. The molecule has 0 saturated carbocycles. The molecule has 1 atom stereocenters. The molecular weight excluding hydrogens is 306 g/mol. The van der Waals surface area contributed by atoms with Crippen LogP contribution in [0.1, 0.15) is 44.3 Å². The summed E-state index contributed by atoms with van der Waals surface area (Å²) in [6.07, 6.45) is 3.30. The lowest BCUT2D eigenvalue weighted by Crippen LogP contribution is -2.43. The van der Waals surface area contributed by atoms with Crippen LogP contribution in [0.15, 0.2) is 10.4 Å². The van der Waals surface area contributed by atoms with Crippen LogP contribution < -0.4 is 10.6 Å². The molecule has 1 unspecified atom stereocenters. The molecule has 0 amide bonds. The molecule has 1 rings (SSSR count). The second-order valence-corrected chi connectivity index (χ2v) is 6.88. The average Bonchev–Trinajstić information content (AvgIpc) is 2.96. The summed E-state index contributed by atoms with van der Waals surface area (Å²) in [5, 5.41) is 10.1. The standard InChI is InChI=1S/C17H33N5S/c1-6-22(7-2)12-8-9-14(3)20-17(18-5)19-11-10-16-13-23-15(4)21-16/h13-14H,6-12H2,1-5H3,(H2,18,19,20). The minimum Gasteiger partial charge on any atom is -0.356 e. The van der Waals surface area contributed by atoms with E-state index in [9.17, 15) is 0 Å². The zero-order valence-corrected chi connectivity index (χ0v) is 16.2. The summed E-state index contributed by atoms with van der Waals surface area (Å²) in [4.78, 5) is 11.3. The van der Waals surface area contributed by atoms with Crippen molar-refractivity contribution in [1.82, 2.24) is 20.5 Å². The number of aromatic nitrogens is 1. The Hall–Kier alpha value is -1.14. The van der Waals surface area contributed by atoms with Gasteiger partial charge in [0.2, 0.25) is 0 Å². The molecular formula is C17H33N5S. The summed E-state index contributed by atoms with van der Waals surface area (Å²) in [6.45, 7) is 13.0. The SMILES string of the molecule is CCN(CC)CCCC(C)NC(=NC)NCCc1csc(C)n1. The molecule has 0 radical (unpaired) electrons. The molecule has 2 N–H and O–H groups in total. The fraction of sp³-hybridized carbons (Fsp3) is 0.765. The van der Waals surface area contributed by atoms with E-state index in [2.05, 4.69) is 51.7 Å². The maximum atomic E-state index is 4.48. The summed E-state index contributed by atoms with van der Waals surface area (Å²) in [5.41, 5.74) is 1.16. The zero-order valence-electron chi connectivity index (χ0n) is 15.4. The van der Waals surface area contributed by atoms with Crippen LogP contribution in [0.2, 0.25) is 0 Å². The molecule has 0 aliphatic heterocycles. The van der Waals surface area contributed by atoms with E-state index in [4.69, 9.17) is 0 Å². The van der Waals surface area contributed by atoms with E-state index in [0.717, 1.165) is 49.1 Å². The summed E-state index contributed by atoms with van der Waals surface area (Å²) in [5.74, 6) is 0.882. The van der Waals surface area contributed by atoms with Gasteiger partial charge in [0.05, 0.1) is 10.7 Å². The van der Waals surface area contributed by atoms with Crippen LogP contribution in [0.3, 0.4) is 0 Å². The van der Waals surface area contributed by atoms with Crippen molar-refractivity contribution < 1.29 is 0 Å². The number of rotatable bonds is 10. The van der Waals surface area contributed by atoms with Crippen LogP contribution in [0, 0.1) is 6.92 Å². The molecule has 1 aromatic heterocycles. The predicted molar refractivity (Wildman–Crippen MR) is 102 cm³/mol. The highest BCUT2D eigenvalue weighted by molar-refractivity contribution is 7.09. The highest BCUT2D eigenvalue weighted by atomic mass is 32.1. The van der Waals surface area contributed by atoms with Crippen LogP contribution in [-0.4, -0.2) is 55.1 Å². The van der Waals surface area contributed by atoms with Crippen LogP contribution >= 0.6 is 11.3 Å². The van der Waals surface area contributed by atoms with Crippen LogP contribution in [0.4, 0.5) is 0 Å². The molecule has 0 bridgehead atoms. The van der Waals surface area contributed by atoms with Crippen molar-refractivity contribution >= 4 is 17.3 Å². The van der Waals surface area contributed by atoms with Crippen molar-refractivity contribution in [3.05, 3.63) is 16.1 Å². The third-order valence-electron chi connectivity index (χ3n) is 3.95. The van der Waals surface area contributed by atoms with Gasteiger partial charge in [0.1, 0.15) is 0 Å². The van der Waals surface area contributed by atoms with Gasteiger partial charge in [-0.1, -0.05) is 13.8 Å². The quantitative estimate of drug-likeness (QED) is 0.508. The molecule has 23 heavy (non-hydrogen) atoms. The topological polar surface area (TPSA) is 52.5 Å². The van der Waals surface area contributed by atoms with Crippen molar-refractivity contribution in [3.8, 4) is 0 Å². The maximum Gasteiger partial charge on any atom is 0.191 e. The van der Waals surface area contributed by atoms with Gasteiger partial charge in [0.15, 0.2) is 5.96 Å². The van der Waals surface area contributed by atoms with E-state index in [1.165, 1.54) is 13.0 Å². The molecule has 0 aromatic carbocycles. The third-order valence-corrected chi connectivity index (χ3v) is 4.78. The van der Waals surface area contributed by atoms with E-state index >= 15 is 0 Å². The van der Waals surface area contributed by atoms with Gasteiger partial charge in [-0.25, -0.2) is 4.98 Å². The molecule has 1 aromatic rings. The normalized spacial score (nSPS) is 13.4. The van der Waals surface area contributed by atoms with E-state index in [1.54, 1.807) is 11.3 Å². The van der Waals surface area contributed by atoms with Crippen LogP contribution in [0.5, 0.6) is 0 Å². The van der Waals surface area contributed by atoms with E-state index < -0.39 is 0 Å². The second kappa shape index (κ2) is 11.4. The van der Waals surface area contributed by atoms with Gasteiger partial charge in [-0.2, -0.15) is 0 Å². The first kappa shape index (κ1) is 19.9. The number of guanidine groups is 1. The molecule has 0 aliphatic rings. The molecule has 0 aliphatic carbocycles. The van der Waals surface area contributed by atoms with Gasteiger partial charge in [0.25, 0.3) is 0 Å². The zero-order chi connectivity index (χ0) is 17.1. The largest absolute Gasteiger partial charge is 0.356 e. The first-order valence-electron chi connectivity index (χ1n) is 8.69. The molecule has 0 saturated heterocycles. The van der Waals surface area contributed by atoms with Gasteiger partial charge in [-0.3, -0.25) is 4.99 Å². The van der Waals surface area contributed by atoms with E-state index in [1.807, 2.05) is 14.0 Å². The van der Waals surface area contributed by atoms with Gasteiger partial charge < -0.3 is 15.5 Å². The van der Waals surface area contributed by atoms with Gasteiger partial charge in [0, 0.05) is 31.4 Å². The van der Waals surface area contributed by atoms with Crippen molar-refractivity contribution in [2.24, 2.45) is 4.99 Å². The van der Waals surface area contributed by atoms with Crippen molar-refractivity contribution in [1.29, 1.82) is 0 Å². The van der Waals surface area contributed by atoms with Gasteiger partial charge in [-0.15, -0.1) is 11.3 Å². The fourth-order valence-corrected chi connectivity index (χ4v) is 3.14. The Morgan fingerprint density at radius 3 is 2.70 bits per heavy atom. The van der Waals surface area contributed by atoms with Crippen LogP contribution in [0.25, 0.3) is 0 Å². The lowest BCUT2D eigenvalue weighted by atomic mass is 10.2. The smallest absolute Gasteiger partial charge is 0.191 e. The summed E-state index contributed by atoms with van der Waals surface area (Å²) < 4.78 is 0. The van der Waals surface area contributed by atoms with E-state index in [0.29, 0.717) is 6.04 Å². The number of hydrogen-bond donors (Lipinski definition) is 2. The van der Waals surface area contributed by atoms with Crippen molar-refractivity contribution in [2.75, 3.05) is 33.2 Å². The monoisotopic (exact) mass is 339 g/mol. The number of aryl methyl sites for hydroxylation is 1. The number of nitrogens with zero attached hydrogens (tertiary/aromatic N) is 3. The molecule has 1 heterocycles. The highest BCUT2D eigenvalue weighted by Gasteiger charge is 2.07. The minimum atomic E-state index is 0.429. The first-order chi connectivity index (χ1) is 11.1. The Balaban J connectivity index is 2.21. The Morgan fingerprint density at radius 1 is 1.39 bits per heavy atom. The molecule has 0 fully saturated rings. The molecule has 0 spiro atoms. The number of aliphatic imine (C=N–C) groups is 1. The van der Waals surface area contributed by atoms with Gasteiger partial charge in [-0.05, 0) is 46.3 Å². The maximum absolute atomic E-state index is 4.48. The van der Waals surface area contributed by atoms with Crippen LogP contribution in [-0.2, 0) is 6.42 Å². The second-order valence-electron chi connectivity index (χ2n) is 5.82. The predicted octanol–water partition coefficient (Wildman–Crippen LogP) is 2.67. The first-order valence-corrected chi connectivity index (χ1v) is 9.57. The molecule has 6 heteroatoms. The Bertz CT molecular complexity index is 454. The summed E-state index contributed by atoms with van der Waals surface area (Å²) >= 11 is 1.71. The van der Waals surface area contributed by atoms with E-state index in [-0.39, 0.29) is 0 Å². The molecule has 132 valence electrons. The Kier molecular flexibility index (Phi) is 9.87. The number of thiazole rings is 1. The Labute approximate surface area is 145 Å². The fourth-order valence-electron chi connectivity index (χ4n) is 2.49. The number of hydrogen-bond acceptors (Lipinski definition) is 4. The van der Waals surface area contributed by atoms with Crippen molar-refractivity contribution in [2.45, 2.75) is 53.0 Å². The highest BCUT2D eigenvalue weighted by Crippen LogP contribution is 2.07.